The van der Waals surface area contributed by atoms with E-state index >= 15 is 0 Å². The fourth-order valence-electron chi connectivity index (χ4n) is 3.37. The maximum absolute atomic E-state index is 4.72. The third-order valence-electron chi connectivity index (χ3n) is 4.84. The van der Waals surface area contributed by atoms with Gasteiger partial charge in [-0.3, -0.25) is 19.4 Å². The Hall–Kier alpha value is -3.68. The molecule has 0 amide bonds. The van der Waals surface area contributed by atoms with E-state index in [-0.39, 0.29) is 0 Å². The number of nitrogens with one attached hydrogen (secondary N) is 2. The molecule has 0 aliphatic rings. The summed E-state index contributed by atoms with van der Waals surface area (Å²) in [7, 11) is 1.95. The quantitative estimate of drug-likeness (QED) is 0.497. The molecule has 0 aliphatic heterocycles. The van der Waals surface area contributed by atoms with Gasteiger partial charge in [-0.05, 0) is 44.2 Å². The Kier molecular flexibility index (Phi) is 3.65. The van der Waals surface area contributed by atoms with Crippen LogP contribution in [0, 0.1) is 0 Å². The van der Waals surface area contributed by atoms with Crippen molar-refractivity contribution in [1.82, 2.24) is 34.7 Å². The minimum atomic E-state index is 0.316. The van der Waals surface area contributed by atoms with Crippen molar-refractivity contribution in [2.24, 2.45) is 7.05 Å². The number of benzene rings is 1. The molecule has 0 radical (unpaired) electrons. The van der Waals surface area contributed by atoms with Gasteiger partial charge < -0.3 is 5.32 Å². The Labute approximate surface area is 161 Å². The fourth-order valence-corrected chi connectivity index (χ4v) is 3.37. The van der Waals surface area contributed by atoms with Crippen LogP contribution >= 0.6 is 0 Å². The number of H-pyrrole nitrogens is 1. The van der Waals surface area contributed by atoms with Crippen LogP contribution < -0.4 is 5.32 Å². The third-order valence-corrected chi connectivity index (χ3v) is 4.84. The number of nitrogens with zero attached hydrogens (tertiary/aromatic N) is 6. The molecule has 0 unspecified atom stereocenters. The van der Waals surface area contributed by atoms with Crippen molar-refractivity contribution in [1.29, 1.82) is 0 Å². The second-order valence-corrected chi connectivity index (χ2v) is 7.10. The normalized spacial score (nSPS) is 11.7. The maximum Gasteiger partial charge on any atom is 0.178 e. The highest BCUT2D eigenvalue weighted by Gasteiger charge is 2.14. The maximum atomic E-state index is 4.72. The summed E-state index contributed by atoms with van der Waals surface area (Å²) >= 11 is 0. The van der Waals surface area contributed by atoms with Gasteiger partial charge in [0, 0.05) is 42.1 Å². The Morgan fingerprint density at radius 3 is 2.89 bits per heavy atom. The number of aromatic nitrogens is 7. The minimum Gasteiger partial charge on any atom is -0.337 e. The van der Waals surface area contributed by atoms with Gasteiger partial charge in [0.25, 0.3) is 0 Å². The monoisotopic (exact) mass is 372 g/mol. The predicted octanol–water partition coefficient (Wildman–Crippen LogP) is 4.03. The summed E-state index contributed by atoms with van der Waals surface area (Å²) in [5, 5.41) is 20.9. The molecule has 0 saturated heterocycles. The summed E-state index contributed by atoms with van der Waals surface area (Å²) in [6.07, 6.45) is 5.67. The molecule has 4 aromatic heterocycles. The van der Waals surface area contributed by atoms with Gasteiger partial charge in [0.2, 0.25) is 0 Å². The second-order valence-electron chi connectivity index (χ2n) is 7.10. The van der Waals surface area contributed by atoms with Crippen LogP contribution in [0.15, 0.2) is 48.9 Å². The van der Waals surface area contributed by atoms with Crippen LogP contribution in [0.2, 0.25) is 0 Å². The van der Waals surface area contributed by atoms with Gasteiger partial charge in [0.1, 0.15) is 11.2 Å². The first-order valence-electron chi connectivity index (χ1n) is 9.17. The van der Waals surface area contributed by atoms with E-state index in [1.54, 1.807) is 6.20 Å². The average Bonchev–Trinajstić information content (AvgIpc) is 3.40. The molecule has 0 fully saturated rings. The molecule has 0 bridgehead atoms. The van der Waals surface area contributed by atoms with Gasteiger partial charge in [-0.1, -0.05) is 0 Å². The van der Waals surface area contributed by atoms with Gasteiger partial charge in [-0.15, -0.1) is 0 Å². The predicted molar refractivity (Wildman–Crippen MR) is 109 cm³/mol. The van der Waals surface area contributed by atoms with Crippen LogP contribution in [-0.4, -0.2) is 34.7 Å². The van der Waals surface area contributed by atoms with Gasteiger partial charge in [-0.25, -0.2) is 0 Å². The number of anilines is 2. The first kappa shape index (κ1) is 16.5. The fraction of sp³-hybridized carbons (Fsp3) is 0.200. The third kappa shape index (κ3) is 2.61. The zero-order chi connectivity index (χ0) is 19.3. The van der Waals surface area contributed by atoms with E-state index in [1.165, 1.54) is 0 Å². The first-order valence-corrected chi connectivity index (χ1v) is 9.17. The molecular formula is C20H20N8. The Balaban J connectivity index is 1.54. The summed E-state index contributed by atoms with van der Waals surface area (Å²) < 4.78 is 3.84. The lowest BCUT2D eigenvalue weighted by Gasteiger charge is -2.04. The lowest BCUT2D eigenvalue weighted by Crippen LogP contribution is -1.99. The number of hydrogen-bond acceptors (Lipinski definition) is 5. The molecular weight excluding hydrogens is 352 g/mol. The van der Waals surface area contributed by atoms with E-state index in [9.17, 15) is 0 Å². The molecule has 0 atom stereocenters. The van der Waals surface area contributed by atoms with Crippen molar-refractivity contribution in [3.63, 3.8) is 0 Å². The van der Waals surface area contributed by atoms with Crippen molar-refractivity contribution in [2.75, 3.05) is 5.32 Å². The standard InChI is InChI=1S/C20H20N8/c1-12(2)28-11-13(10-22-28)18-15-7-6-14(9-17(15)27(3)26-18)23-20-19-16(24-25-20)5-4-8-21-19/h4-12H,1-3H3,(H2,23,24,25). The van der Waals surface area contributed by atoms with Crippen LogP contribution in [0.3, 0.4) is 0 Å². The zero-order valence-electron chi connectivity index (χ0n) is 15.9. The zero-order valence-corrected chi connectivity index (χ0v) is 15.9. The minimum absolute atomic E-state index is 0.316. The van der Waals surface area contributed by atoms with Crippen LogP contribution in [0.4, 0.5) is 11.5 Å². The SMILES string of the molecule is CC(C)n1cc(-c2nn(C)c3cc(Nc4n[nH]c5cccnc45)ccc23)cn1. The number of pyridine rings is 1. The number of aromatic amines is 1. The van der Waals surface area contributed by atoms with E-state index in [0.717, 1.165) is 38.9 Å². The Bertz CT molecular complexity index is 1290. The summed E-state index contributed by atoms with van der Waals surface area (Å²) in [5.74, 6) is 0.704. The van der Waals surface area contributed by atoms with E-state index in [1.807, 2.05) is 47.0 Å². The molecule has 8 heteroatoms. The number of rotatable bonds is 4. The van der Waals surface area contributed by atoms with E-state index in [0.29, 0.717) is 11.9 Å². The van der Waals surface area contributed by atoms with Crippen LogP contribution in [-0.2, 0) is 7.05 Å². The highest BCUT2D eigenvalue weighted by Crippen LogP contribution is 2.31. The smallest absolute Gasteiger partial charge is 0.178 e. The Morgan fingerprint density at radius 1 is 1.18 bits per heavy atom. The summed E-state index contributed by atoms with van der Waals surface area (Å²) in [6.45, 7) is 4.22. The molecule has 8 nitrogen and oxygen atoms in total. The number of aryl methyl sites for hydroxylation is 1. The van der Waals surface area contributed by atoms with Crippen LogP contribution in [0.5, 0.6) is 0 Å². The average molecular weight is 372 g/mol. The second kappa shape index (κ2) is 6.19. The molecule has 0 saturated carbocycles. The molecule has 1 aromatic carbocycles. The molecule has 5 rings (SSSR count). The van der Waals surface area contributed by atoms with Crippen molar-refractivity contribution in [2.45, 2.75) is 19.9 Å². The van der Waals surface area contributed by atoms with E-state index in [4.69, 9.17) is 5.10 Å². The molecule has 28 heavy (non-hydrogen) atoms. The van der Waals surface area contributed by atoms with Crippen molar-refractivity contribution in [3.05, 3.63) is 48.9 Å². The summed E-state index contributed by atoms with van der Waals surface area (Å²) in [4.78, 5) is 4.39. The van der Waals surface area contributed by atoms with E-state index in [2.05, 4.69) is 51.6 Å². The molecule has 5 aromatic rings. The van der Waals surface area contributed by atoms with Gasteiger partial charge in [0.15, 0.2) is 5.82 Å². The van der Waals surface area contributed by atoms with Gasteiger partial charge in [-0.2, -0.15) is 15.3 Å². The number of hydrogen-bond donors (Lipinski definition) is 2. The summed E-state index contributed by atoms with van der Waals surface area (Å²) in [6, 6.07) is 10.3. The van der Waals surface area contributed by atoms with Crippen molar-refractivity contribution >= 4 is 33.4 Å². The summed E-state index contributed by atoms with van der Waals surface area (Å²) in [5.41, 5.74) is 5.62. The van der Waals surface area contributed by atoms with Crippen LogP contribution in [0.25, 0.3) is 33.2 Å². The Morgan fingerprint density at radius 2 is 2.07 bits per heavy atom. The molecule has 2 N–H and O–H groups in total. The molecule has 0 aliphatic carbocycles. The van der Waals surface area contributed by atoms with Crippen molar-refractivity contribution in [3.8, 4) is 11.3 Å². The van der Waals surface area contributed by atoms with Crippen molar-refractivity contribution < 1.29 is 0 Å². The molecule has 0 spiro atoms. The highest BCUT2D eigenvalue weighted by atomic mass is 15.3. The van der Waals surface area contributed by atoms with Crippen LogP contribution in [0.1, 0.15) is 19.9 Å². The molecule has 4 heterocycles. The lowest BCUT2D eigenvalue weighted by molar-refractivity contribution is 0.532. The van der Waals surface area contributed by atoms with Gasteiger partial charge in [0.05, 0.1) is 17.2 Å². The largest absolute Gasteiger partial charge is 0.337 e. The number of fused-ring (bicyclic) bond motifs is 2. The van der Waals surface area contributed by atoms with E-state index < -0.39 is 0 Å². The van der Waals surface area contributed by atoms with Gasteiger partial charge >= 0.3 is 0 Å². The topological polar surface area (TPSA) is 89.2 Å². The highest BCUT2D eigenvalue weighted by molar-refractivity contribution is 5.96. The first-order chi connectivity index (χ1) is 13.6. The molecule has 140 valence electrons. The lowest BCUT2D eigenvalue weighted by atomic mass is 10.1.